The molecule has 0 atom stereocenters. The quantitative estimate of drug-likeness (QED) is 0.159. The normalized spacial score (nSPS) is 12.0. The number of thiocarbonyl (C=S) groups is 1. The average molecular weight is 532 g/mol. The highest BCUT2D eigenvalue weighted by Crippen LogP contribution is 2.29. The Hall–Kier alpha value is -4.04. The van der Waals surface area contributed by atoms with Gasteiger partial charge in [0.05, 0.1) is 17.6 Å². The number of hydrogen-bond acceptors (Lipinski definition) is 4. The van der Waals surface area contributed by atoms with Gasteiger partial charge in [-0.1, -0.05) is 48.6 Å². The van der Waals surface area contributed by atoms with Crippen LogP contribution in [0.5, 0.6) is 5.75 Å². The Balaban J connectivity index is 1.32. The number of imidazole rings is 1. The van der Waals surface area contributed by atoms with E-state index in [-0.39, 0.29) is 5.75 Å². The van der Waals surface area contributed by atoms with E-state index in [1.165, 1.54) is 28.8 Å². The summed E-state index contributed by atoms with van der Waals surface area (Å²) in [5, 5.41) is 1.99. The summed E-state index contributed by atoms with van der Waals surface area (Å²) in [6, 6.07) is 22.0. The number of halogens is 3. The van der Waals surface area contributed by atoms with Crippen molar-refractivity contribution in [3.63, 3.8) is 0 Å². The van der Waals surface area contributed by atoms with Crippen LogP contribution in [0.1, 0.15) is 22.3 Å². The summed E-state index contributed by atoms with van der Waals surface area (Å²) >= 11 is 5.58. The van der Waals surface area contributed by atoms with Crippen LogP contribution in [0.4, 0.5) is 13.2 Å². The van der Waals surface area contributed by atoms with E-state index in [0.29, 0.717) is 12.2 Å². The molecule has 0 unspecified atom stereocenters. The van der Waals surface area contributed by atoms with Crippen molar-refractivity contribution >= 4 is 45.1 Å². The van der Waals surface area contributed by atoms with Crippen molar-refractivity contribution in [2.75, 3.05) is 6.54 Å². The predicted octanol–water partition coefficient (Wildman–Crippen LogP) is 7.73. The summed E-state index contributed by atoms with van der Waals surface area (Å²) in [5.41, 5.74) is 7.07. The number of hydrogen-bond donors (Lipinski definition) is 0. The van der Waals surface area contributed by atoms with Gasteiger partial charge in [0.1, 0.15) is 12.1 Å². The highest BCUT2D eigenvalue weighted by atomic mass is 32.1. The van der Waals surface area contributed by atoms with Crippen molar-refractivity contribution in [3.8, 4) is 11.4 Å². The SMILES string of the molecule is Cc1cccc(CC(=S)CN=Cc2ccc3c(ccc4c3ncn4-c3ccc(OC(F)(F)F)cc3)c2)c1C. The number of benzene rings is 4. The van der Waals surface area contributed by atoms with Gasteiger partial charge in [-0.25, -0.2) is 4.98 Å². The van der Waals surface area contributed by atoms with Crippen LogP contribution in [0.2, 0.25) is 0 Å². The molecular formula is C30H24F3N3OS. The average Bonchev–Trinajstić information content (AvgIpc) is 3.31. The molecule has 8 heteroatoms. The Morgan fingerprint density at radius 3 is 2.58 bits per heavy atom. The maximum absolute atomic E-state index is 12.5. The molecule has 1 aromatic heterocycles. The fourth-order valence-corrected chi connectivity index (χ4v) is 4.68. The van der Waals surface area contributed by atoms with Gasteiger partial charge in [0.15, 0.2) is 0 Å². The molecule has 4 nitrogen and oxygen atoms in total. The third-order valence-corrected chi connectivity index (χ3v) is 6.79. The van der Waals surface area contributed by atoms with E-state index in [2.05, 4.69) is 46.8 Å². The lowest BCUT2D eigenvalue weighted by Gasteiger charge is -2.10. The minimum Gasteiger partial charge on any atom is -0.406 e. The van der Waals surface area contributed by atoms with Crippen molar-refractivity contribution in [2.45, 2.75) is 26.6 Å². The lowest BCUT2D eigenvalue weighted by atomic mass is 10.00. The van der Waals surface area contributed by atoms with Crippen LogP contribution in [0.15, 0.2) is 84.1 Å². The Labute approximate surface area is 223 Å². The highest BCUT2D eigenvalue weighted by molar-refractivity contribution is 7.80. The maximum atomic E-state index is 12.5. The highest BCUT2D eigenvalue weighted by Gasteiger charge is 2.31. The van der Waals surface area contributed by atoms with Crippen LogP contribution in [0.3, 0.4) is 0 Å². The zero-order valence-corrected chi connectivity index (χ0v) is 21.6. The number of rotatable bonds is 7. The van der Waals surface area contributed by atoms with Crippen LogP contribution in [0, 0.1) is 13.8 Å². The Kier molecular flexibility index (Phi) is 6.99. The minimum absolute atomic E-state index is 0.267. The lowest BCUT2D eigenvalue weighted by Crippen LogP contribution is -2.17. The first kappa shape index (κ1) is 25.6. The molecule has 0 fully saturated rings. The monoisotopic (exact) mass is 531 g/mol. The second kappa shape index (κ2) is 10.4. The number of ether oxygens (including phenoxy) is 1. The molecule has 0 radical (unpaired) electrons. The van der Waals surface area contributed by atoms with Crippen molar-refractivity contribution in [1.29, 1.82) is 0 Å². The Bertz CT molecular complexity index is 1670. The predicted molar refractivity (Wildman–Crippen MR) is 150 cm³/mol. The zero-order chi connectivity index (χ0) is 26.9. The number of alkyl halides is 3. The molecule has 0 spiro atoms. The molecule has 1 heterocycles. The van der Waals surface area contributed by atoms with Gasteiger partial charge in [-0.15, -0.1) is 13.2 Å². The van der Waals surface area contributed by atoms with E-state index in [4.69, 9.17) is 12.2 Å². The van der Waals surface area contributed by atoms with Gasteiger partial charge >= 0.3 is 6.36 Å². The molecule has 0 saturated heterocycles. The smallest absolute Gasteiger partial charge is 0.406 e. The van der Waals surface area contributed by atoms with Gasteiger partial charge < -0.3 is 4.74 Å². The molecular weight excluding hydrogens is 507 g/mol. The first-order chi connectivity index (χ1) is 18.2. The second-order valence-corrected chi connectivity index (χ2v) is 9.69. The van der Waals surface area contributed by atoms with Gasteiger partial charge in [0.2, 0.25) is 0 Å². The van der Waals surface area contributed by atoms with Crippen molar-refractivity contribution in [2.24, 2.45) is 4.99 Å². The first-order valence-corrected chi connectivity index (χ1v) is 12.4. The molecule has 0 amide bonds. The number of nitrogens with zero attached hydrogens (tertiary/aromatic N) is 3. The van der Waals surface area contributed by atoms with E-state index in [1.54, 1.807) is 18.5 Å². The summed E-state index contributed by atoms with van der Waals surface area (Å²) in [6.45, 7) is 4.71. The summed E-state index contributed by atoms with van der Waals surface area (Å²) in [4.78, 5) is 10.0. The minimum atomic E-state index is -4.72. The molecule has 0 aliphatic heterocycles. The molecule has 0 aliphatic rings. The molecule has 0 aliphatic carbocycles. The fraction of sp³-hybridized carbons (Fsp3) is 0.167. The molecule has 5 aromatic rings. The van der Waals surface area contributed by atoms with Crippen LogP contribution < -0.4 is 4.74 Å². The Morgan fingerprint density at radius 1 is 1.03 bits per heavy atom. The molecule has 0 N–H and O–H groups in total. The molecule has 192 valence electrons. The van der Waals surface area contributed by atoms with Gasteiger partial charge in [0, 0.05) is 28.6 Å². The van der Waals surface area contributed by atoms with Crippen molar-refractivity contribution in [3.05, 3.63) is 101 Å². The summed E-state index contributed by atoms with van der Waals surface area (Å²) in [5.74, 6) is -0.267. The maximum Gasteiger partial charge on any atom is 0.573 e. The number of aromatic nitrogens is 2. The topological polar surface area (TPSA) is 39.4 Å². The summed E-state index contributed by atoms with van der Waals surface area (Å²) in [6.07, 6.45) is -0.493. The van der Waals surface area contributed by atoms with Gasteiger partial charge in [-0.3, -0.25) is 9.56 Å². The third-order valence-electron chi connectivity index (χ3n) is 6.52. The molecule has 4 aromatic carbocycles. The largest absolute Gasteiger partial charge is 0.573 e. The first-order valence-electron chi connectivity index (χ1n) is 12.0. The van der Waals surface area contributed by atoms with E-state index >= 15 is 0 Å². The number of fused-ring (bicyclic) bond motifs is 3. The van der Waals surface area contributed by atoms with Crippen molar-refractivity contribution in [1.82, 2.24) is 9.55 Å². The zero-order valence-electron chi connectivity index (χ0n) is 20.8. The summed E-state index contributed by atoms with van der Waals surface area (Å²) < 4.78 is 43.2. The van der Waals surface area contributed by atoms with Crippen LogP contribution in [0.25, 0.3) is 27.5 Å². The Morgan fingerprint density at radius 2 is 1.82 bits per heavy atom. The molecule has 38 heavy (non-hydrogen) atoms. The third kappa shape index (κ3) is 5.60. The fourth-order valence-electron chi connectivity index (χ4n) is 4.45. The number of aliphatic imine (C=N–C) groups is 1. The second-order valence-electron chi connectivity index (χ2n) is 9.11. The molecule has 0 saturated carbocycles. The molecule has 0 bridgehead atoms. The number of aryl methyl sites for hydroxylation is 1. The van der Waals surface area contributed by atoms with E-state index < -0.39 is 6.36 Å². The molecule has 5 rings (SSSR count). The van der Waals surface area contributed by atoms with Gasteiger partial charge in [-0.05, 0) is 77.9 Å². The van der Waals surface area contributed by atoms with E-state index in [9.17, 15) is 13.2 Å². The van der Waals surface area contributed by atoms with Gasteiger partial charge in [0.25, 0.3) is 0 Å². The van der Waals surface area contributed by atoms with Crippen molar-refractivity contribution < 1.29 is 17.9 Å². The van der Waals surface area contributed by atoms with Crippen LogP contribution in [-0.4, -0.2) is 33.5 Å². The lowest BCUT2D eigenvalue weighted by molar-refractivity contribution is -0.274. The van der Waals surface area contributed by atoms with E-state index in [0.717, 1.165) is 38.7 Å². The summed E-state index contributed by atoms with van der Waals surface area (Å²) in [7, 11) is 0. The van der Waals surface area contributed by atoms with Gasteiger partial charge in [-0.2, -0.15) is 0 Å². The standard InChI is InChI=1S/C30H24F3N3OS/c1-19-4-3-5-22(20(19)2)15-26(38)17-34-16-21-6-12-27-23(14-21)7-13-28-29(27)35-18-36(28)24-8-10-25(11-9-24)37-30(31,32)33/h3-14,16,18H,15,17H2,1-2H3. The van der Waals surface area contributed by atoms with Crippen LogP contribution >= 0.6 is 12.2 Å². The van der Waals surface area contributed by atoms with Crippen LogP contribution in [-0.2, 0) is 6.42 Å². The van der Waals surface area contributed by atoms with E-state index in [1.807, 2.05) is 41.1 Å².